The van der Waals surface area contributed by atoms with Crippen LogP contribution < -0.4 is 10.2 Å². The van der Waals surface area contributed by atoms with Gasteiger partial charge in [0.1, 0.15) is 0 Å². The lowest BCUT2D eigenvalue weighted by atomic mass is 10.1. The normalized spacial score (nSPS) is 12.7. The molecule has 5 rings (SSSR count). The molecule has 1 N–H and O–H groups in total. The second kappa shape index (κ2) is 8.96. The van der Waals surface area contributed by atoms with Gasteiger partial charge in [-0.15, -0.1) is 11.3 Å². The third-order valence-corrected chi connectivity index (χ3v) is 7.18. The highest BCUT2D eigenvalue weighted by Gasteiger charge is 2.36. The van der Waals surface area contributed by atoms with Crippen LogP contribution in [0.1, 0.15) is 42.9 Å². The second-order valence-corrected chi connectivity index (χ2v) is 9.64. The Bertz CT molecular complexity index is 1390. The number of carbonyl (C=O) groups excluding carboxylic acids is 3. The minimum absolute atomic E-state index is 0.312. The molecule has 0 saturated carbocycles. The number of aromatic nitrogens is 1. The van der Waals surface area contributed by atoms with Crippen molar-refractivity contribution >= 4 is 55.8 Å². The van der Waals surface area contributed by atoms with Gasteiger partial charge in [0.25, 0.3) is 17.7 Å². The van der Waals surface area contributed by atoms with Crippen molar-refractivity contribution in [3.8, 4) is 11.3 Å². The summed E-state index contributed by atoms with van der Waals surface area (Å²) in [6.45, 7) is 2.05. The molecular weight excluding hydrogens is 514 g/mol. The van der Waals surface area contributed by atoms with Gasteiger partial charge in [-0.3, -0.25) is 19.7 Å². The van der Waals surface area contributed by atoms with Crippen LogP contribution in [0.15, 0.2) is 77.3 Å². The highest BCUT2D eigenvalue weighted by molar-refractivity contribution is 9.10. The zero-order valence-electron chi connectivity index (χ0n) is 18.0. The van der Waals surface area contributed by atoms with Crippen molar-refractivity contribution in [1.82, 2.24) is 4.98 Å². The van der Waals surface area contributed by atoms with Gasteiger partial charge in [0.05, 0.1) is 22.5 Å². The Morgan fingerprint density at radius 3 is 2.15 bits per heavy atom. The fourth-order valence-electron chi connectivity index (χ4n) is 3.83. The number of nitrogens with zero attached hydrogens (tertiary/aromatic N) is 2. The van der Waals surface area contributed by atoms with Crippen LogP contribution in [0, 0.1) is 0 Å². The number of halogens is 1. The monoisotopic (exact) mass is 531 g/mol. The van der Waals surface area contributed by atoms with Crippen molar-refractivity contribution in [3.05, 3.63) is 98.8 Å². The number of nitrogens with one attached hydrogen (secondary N) is 1. The molecular formula is C26H18BrN3O3S. The van der Waals surface area contributed by atoms with Crippen LogP contribution in [0.5, 0.6) is 0 Å². The third-order valence-electron chi connectivity index (χ3n) is 5.54. The SMILES string of the molecule is CCc1sc(NC(=O)c2ccc(N3C(=O)c4ccccc4C3=O)cc2)nc1-c1ccc(Br)cc1. The number of fused-ring (bicyclic) bond motifs is 1. The van der Waals surface area contributed by atoms with Crippen molar-refractivity contribution in [3.63, 3.8) is 0 Å². The zero-order chi connectivity index (χ0) is 23.8. The third kappa shape index (κ3) is 3.95. The molecule has 0 radical (unpaired) electrons. The summed E-state index contributed by atoms with van der Waals surface area (Å²) in [5, 5.41) is 3.38. The number of thiazole rings is 1. The molecule has 4 aromatic rings. The lowest BCUT2D eigenvalue weighted by Crippen LogP contribution is -2.29. The highest BCUT2D eigenvalue weighted by Crippen LogP contribution is 2.33. The van der Waals surface area contributed by atoms with Crippen LogP contribution in [-0.2, 0) is 6.42 Å². The molecule has 8 heteroatoms. The Morgan fingerprint density at radius 1 is 0.941 bits per heavy atom. The van der Waals surface area contributed by atoms with Gasteiger partial charge in [0.2, 0.25) is 0 Å². The standard InChI is InChI=1S/C26H18BrN3O3S/c1-2-21-22(15-7-11-17(27)12-8-15)28-26(34-21)29-23(31)16-9-13-18(14-10-16)30-24(32)19-5-3-4-6-20(19)25(30)33/h3-14H,2H2,1H3,(H,28,29,31). The van der Waals surface area contributed by atoms with Gasteiger partial charge < -0.3 is 0 Å². The first-order chi connectivity index (χ1) is 16.5. The predicted octanol–water partition coefficient (Wildman–Crippen LogP) is 6.19. The Hall–Kier alpha value is -3.62. The number of aryl methyl sites for hydroxylation is 1. The smallest absolute Gasteiger partial charge is 0.266 e. The van der Waals surface area contributed by atoms with Gasteiger partial charge in [-0.1, -0.05) is 47.1 Å². The maximum Gasteiger partial charge on any atom is 0.266 e. The van der Waals surface area contributed by atoms with E-state index in [2.05, 4.69) is 33.2 Å². The van der Waals surface area contributed by atoms with E-state index < -0.39 is 0 Å². The maximum absolute atomic E-state index is 12.8. The van der Waals surface area contributed by atoms with Crippen molar-refractivity contribution < 1.29 is 14.4 Å². The summed E-state index contributed by atoms with van der Waals surface area (Å²) in [6.07, 6.45) is 0.800. The fourth-order valence-corrected chi connectivity index (χ4v) is 5.02. The molecule has 0 aliphatic carbocycles. The molecule has 1 aromatic heterocycles. The van der Waals surface area contributed by atoms with Crippen LogP contribution >= 0.6 is 27.3 Å². The first-order valence-corrected chi connectivity index (χ1v) is 12.2. The molecule has 168 valence electrons. The number of imide groups is 1. The van der Waals surface area contributed by atoms with Gasteiger partial charge >= 0.3 is 0 Å². The molecule has 0 saturated heterocycles. The van der Waals surface area contributed by atoms with E-state index in [0.717, 1.165) is 31.9 Å². The van der Waals surface area contributed by atoms with E-state index in [1.54, 1.807) is 48.5 Å². The number of amides is 3. The van der Waals surface area contributed by atoms with E-state index in [4.69, 9.17) is 0 Å². The molecule has 6 nitrogen and oxygen atoms in total. The number of hydrogen-bond donors (Lipinski definition) is 1. The van der Waals surface area contributed by atoms with Gasteiger partial charge in [-0.05, 0) is 55.0 Å². The molecule has 0 bridgehead atoms. The van der Waals surface area contributed by atoms with Crippen LogP contribution in [0.25, 0.3) is 11.3 Å². The number of anilines is 2. The average Bonchev–Trinajstić information content (AvgIpc) is 3.38. The molecule has 3 aromatic carbocycles. The highest BCUT2D eigenvalue weighted by atomic mass is 79.9. The quantitative estimate of drug-likeness (QED) is 0.311. The Morgan fingerprint density at radius 2 is 1.56 bits per heavy atom. The summed E-state index contributed by atoms with van der Waals surface area (Å²) in [6, 6.07) is 21.0. The van der Waals surface area contributed by atoms with E-state index in [1.807, 2.05) is 24.3 Å². The molecule has 0 unspecified atom stereocenters. The molecule has 2 heterocycles. The number of carbonyl (C=O) groups is 3. The summed E-state index contributed by atoms with van der Waals surface area (Å²) in [5.74, 6) is -1.05. The van der Waals surface area contributed by atoms with E-state index in [1.165, 1.54) is 11.3 Å². The van der Waals surface area contributed by atoms with E-state index in [9.17, 15) is 14.4 Å². The summed E-state index contributed by atoms with van der Waals surface area (Å²) >= 11 is 4.89. The average molecular weight is 532 g/mol. The lowest BCUT2D eigenvalue weighted by molar-refractivity contribution is 0.0925. The molecule has 34 heavy (non-hydrogen) atoms. The van der Waals surface area contributed by atoms with Crippen LogP contribution in [0.3, 0.4) is 0 Å². The molecule has 0 spiro atoms. The fraction of sp³-hybridized carbons (Fsp3) is 0.0769. The second-order valence-electron chi connectivity index (χ2n) is 7.64. The van der Waals surface area contributed by atoms with Crippen molar-refractivity contribution in [2.75, 3.05) is 10.2 Å². The van der Waals surface area contributed by atoms with Gasteiger partial charge in [0.15, 0.2) is 5.13 Å². The number of benzene rings is 3. The van der Waals surface area contributed by atoms with Crippen LogP contribution in [0.2, 0.25) is 0 Å². The largest absolute Gasteiger partial charge is 0.298 e. The van der Waals surface area contributed by atoms with E-state index in [-0.39, 0.29) is 17.7 Å². The first kappa shape index (κ1) is 22.2. The van der Waals surface area contributed by atoms with Gasteiger partial charge in [-0.25, -0.2) is 9.88 Å². The van der Waals surface area contributed by atoms with Gasteiger partial charge in [0, 0.05) is 20.5 Å². The molecule has 0 fully saturated rings. The molecule has 1 aliphatic rings. The maximum atomic E-state index is 12.8. The topological polar surface area (TPSA) is 79.4 Å². The summed E-state index contributed by atoms with van der Waals surface area (Å²) in [4.78, 5) is 45.1. The Labute approximate surface area is 208 Å². The van der Waals surface area contributed by atoms with Crippen molar-refractivity contribution in [2.24, 2.45) is 0 Å². The Balaban J connectivity index is 1.34. The summed E-state index contributed by atoms with van der Waals surface area (Å²) in [5.41, 5.74) is 3.43. The minimum atomic E-state index is -0.367. The van der Waals surface area contributed by atoms with Crippen LogP contribution in [-0.4, -0.2) is 22.7 Å². The molecule has 1 aliphatic heterocycles. The van der Waals surface area contributed by atoms with E-state index >= 15 is 0 Å². The minimum Gasteiger partial charge on any atom is -0.298 e. The van der Waals surface area contributed by atoms with Crippen molar-refractivity contribution in [1.29, 1.82) is 0 Å². The summed E-state index contributed by atoms with van der Waals surface area (Å²) in [7, 11) is 0. The lowest BCUT2D eigenvalue weighted by Gasteiger charge is -2.14. The molecule has 0 atom stereocenters. The number of rotatable bonds is 5. The molecule has 3 amide bonds. The first-order valence-electron chi connectivity index (χ1n) is 10.6. The number of hydrogen-bond acceptors (Lipinski definition) is 5. The predicted molar refractivity (Wildman–Crippen MR) is 137 cm³/mol. The zero-order valence-corrected chi connectivity index (χ0v) is 20.4. The van der Waals surface area contributed by atoms with E-state index in [0.29, 0.717) is 27.5 Å². The van der Waals surface area contributed by atoms with Crippen molar-refractivity contribution in [2.45, 2.75) is 13.3 Å². The van der Waals surface area contributed by atoms with Crippen LogP contribution in [0.4, 0.5) is 10.8 Å². The summed E-state index contributed by atoms with van der Waals surface area (Å²) < 4.78 is 0.989. The Kier molecular flexibility index (Phi) is 5.85. The van der Waals surface area contributed by atoms with Gasteiger partial charge in [-0.2, -0.15) is 0 Å².